The lowest BCUT2D eigenvalue weighted by Gasteiger charge is -2.31. The highest BCUT2D eigenvalue weighted by atomic mass is 15.2. The topological polar surface area (TPSA) is 29.3 Å². The van der Waals surface area contributed by atoms with E-state index in [1.54, 1.807) is 0 Å². The Morgan fingerprint density at radius 3 is 2.15 bits per heavy atom. The van der Waals surface area contributed by atoms with Crippen molar-refractivity contribution in [3.05, 3.63) is 0 Å². The van der Waals surface area contributed by atoms with E-state index in [9.17, 15) is 0 Å². The summed E-state index contributed by atoms with van der Waals surface area (Å²) in [5, 5.41) is 0. The predicted molar refractivity (Wildman–Crippen MR) is 57.8 cm³/mol. The monoisotopic (exact) mass is 184 g/mol. The van der Waals surface area contributed by atoms with Crippen LogP contribution in [0.15, 0.2) is 0 Å². The minimum atomic E-state index is 0.359. The maximum absolute atomic E-state index is 6.06. The summed E-state index contributed by atoms with van der Waals surface area (Å²) in [6.07, 6.45) is 6.63. The second kappa shape index (κ2) is 5.61. The molecule has 1 rings (SSSR count). The summed E-state index contributed by atoms with van der Waals surface area (Å²) < 4.78 is 0. The molecule has 0 aromatic rings. The number of nitrogens with two attached hydrogens (primary N) is 1. The molecule has 2 nitrogen and oxygen atoms in total. The average Bonchev–Trinajstić information content (AvgIpc) is 2.43. The molecule has 2 heteroatoms. The van der Waals surface area contributed by atoms with Crippen molar-refractivity contribution in [2.24, 2.45) is 5.73 Å². The van der Waals surface area contributed by atoms with Crippen molar-refractivity contribution >= 4 is 0 Å². The van der Waals surface area contributed by atoms with Crippen LogP contribution in [0.4, 0.5) is 0 Å². The average molecular weight is 184 g/mol. The van der Waals surface area contributed by atoms with Crippen LogP contribution in [-0.2, 0) is 0 Å². The fraction of sp³-hybridized carbons (Fsp3) is 1.00. The molecule has 2 unspecified atom stereocenters. The Labute approximate surface area is 82.5 Å². The number of rotatable bonds is 3. The van der Waals surface area contributed by atoms with Crippen LogP contribution in [0, 0.1) is 0 Å². The van der Waals surface area contributed by atoms with Crippen molar-refractivity contribution in [2.75, 3.05) is 13.1 Å². The highest BCUT2D eigenvalue weighted by Gasteiger charge is 2.19. The van der Waals surface area contributed by atoms with E-state index in [-0.39, 0.29) is 0 Å². The minimum absolute atomic E-state index is 0.359. The summed E-state index contributed by atoms with van der Waals surface area (Å²) in [7, 11) is 0. The lowest BCUT2D eigenvalue weighted by atomic mass is 10.1. The van der Waals surface area contributed by atoms with Crippen LogP contribution in [-0.4, -0.2) is 30.1 Å². The molecule has 1 aliphatic rings. The van der Waals surface area contributed by atoms with Crippen molar-refractivity contribution < 1.29 is 0 Å². The summed E-state index contributed by atoms with van der Waals surface area (Å²) in [6, 6.07) is 0.932. The fourth-order valence-corrected chi connectivity index (χ4v) is 2.11. The molecule has 0 saturated carbocycles. The third-order valence-corrected chi connectivity index (χ3v) is 3.31. The molecule has 2 N–H and O–H groups in total. The van der Waals surface area contributed by atoms with E-state index in [0.717, 1.165) is 6.42 Å². The Bertz CT molecular complexity index is 128. The zero-order chi connectivity index (χ0) is 9.68. The second-order valence-corrected chi connectivity index (χ2v) is 4.26. The van der Waals surface area contributed by atoms with Gasteiger partial charge >= 0.3 is 0 Å². The van der Waals surface area contributed by atoms with Gasteiger partial charge in [-0.05, 0) is 39.3 Å². The van der Waals surface area contributed by atoms with E-state index >= 15 is 0 Å². The molecule has 1 heterocycles. The Kier molecular flexibility index (Phi) is 4.74. The van der Waals surface area contributed by atoms with Crippen molar-refractivity contribution in [1.82, 2.24) is 4.90 Å². The van der Waals surface area contributed by atoms with Crippen molar-refractivity contribution in [2.45, 2.75) is 58.0 Å². The molecular formula is C11H24N2. The quantitative estimate of drug-likeness (QED) is 0.727. The highest BCUT2D eigenvalue weighted by molar-refractivity contribution is 4.78. The molecule has 1 saturated heterocycles. The Morgan fingerprint density at radius 1 is 1.15 bits per heavy atom. The van der Waals surface area contributed by atoms with Gasteiger partial charge in [0, 0.05) is 12.1 Å². The van der Waals surface area contributed by atoms with Crippen LogP contribution < -0.4 is 5.73 Å². The Morgan fingerprint density at radius 2 is 1.69 bits per heavy atom. The van der Waals surface area contributed by atoms with Crippen LogP contribution in [0.2, 0.25) is 0 Å². The third-order valence-electron chi connectivity index (χ3n) is 3.31. The summed E-state index contributed by atoms with van der Waals surface area (Å²) in [5.41, 5.74) is 6.06. The van der Waals surface area contributed by atoms with Crippen molar-refractivity contribution in [3.63, 3.8) is 0 Å². The first kappa shape index (κ1) is 11.0. The molecule has 2 atom stereocenters. The van der Waals surface area contributed by atoms with E-state index in [1.807, 2.05) is 0 Å². The van der Waals surface area contributed by atoms with Gasteiger partial charge < -0.3 is 5.73 Å². The standard InChI is InChI=1S/C11H24N2/c1-3-11(12)10(2)13-8-6-4-5-7-9-13/h10-11H,3-9,12H2,1-2H3. The zero-order valence-electron chi connectivity index (χ0n) is 9.13. The van der Waals surface area contributed by atoms with Crippen LogP contribution in [0.3, 0.4) is 0 Å². The first-order valence-corrected chi connectivity index (χ1v) is 5.75. The van der Waals surface area contributed by atoms with E-state index < -0.39 is 0 Å². The van der Waals surface area contributed by atoms with Gasteiger partial charge in [0.25, 0.3) is 0 Å². The molecule has 1 fully saturated rings. The van der Waals surface area contributed by atoms with Gasteiger partial charge in [-0.3, -0.25) is 4.90 Å². The van der Waals surface area contributed by atoms with Crippen molar-refractivity contribution in [1.29, 1.82) is 0 Å². The first-order chi connectivity index (χ1) is 6.25. The van der Waals surface area contributed by atoms with Gasteiger partial charge in [-0.1, -0.05) is 19.8 Å². The molecule has 1 aliphatic heterocycles. The van der Waals surface area contributed by atoms with Gasteiger partial charge in [0.2, 0.25) is 0 Å². The van der Waals surface area contributed by atoms with E-state index in [4.69, 9.17) is 5.73 Å². The van der Waals surface area contributed by atoms with Crippen LogP contribution in [0.5, 0.6) is 0 Å². The third kappa shape index (κ3) is 3.28. The highest BCUT2D eigenvalue weighted by Crippen LogP contribution is 2.14. The van der Waals surface area contributed by atoms with E-state index in [1.165, 1.54) is 38.8 Å². The van der Waals surface area contributed by atoms with Gasteiger partial charge in [-0.2, -0.15) is 0 Å². The summed E-state index contributed by atoms with van der Waals surface area (Å²) in [5.74, 6) is 0. The number of nitrogens with zero attached hydrogens (tertiary/aromatic N) is 1. The smallest absolute Gasteiger partial charge is 0.0218 e. The molecule has 0 aromatic carbocycles. The molecule has 0 spiro atoms. The molecule has 0 aromatic heterocycles. The number of hydrogen-bond donors (Lipinski definition) is 1. The van der Waals surface area contributed by atoms with E-state index in [0.29, 0.717) is 12.1 Å². The van der Waals surface area contributed by atoms with Crippen molar-refractivity contribution in [3.8, 4) is 0 Å². The van der Waals surface area contributed by atoms with Gasteiger partial charge in [0.05, 0.1) is 0 Å². The molecule has 13 heavy (non-hydrogen) atoms. The number of likely N-dealkylation sites (tertiary alicyclic amines) is 1. The van der Waals surface area contributed by atoms with Crippen LogP contribution >= 0.6 is 0 Å². The summed E-state index contributed by atoms with van der Waals surface area (Å²) >= 11 is 0. The molecular weight excluding hydrogens is 160 g/mol. The zero-order valence-corrected chi connectivity index (χ0v) is 9.13. The predicted octanol–water partition coefficient (Wildman–Crippen LogP) is 1.99. The Balaban J connectivity index is 2.38. The molecule has 78 valence electrons. The summed E-state index contributed by atoms with van der Waals surface area (Å²) in [6.45, 7) is 6.97. The summed E-state index contributed by atoms with van der Waals surface area (Å²) in [4.78, 5) is 2.57. The maximum Gasteiger partial charge on any atom is 0.0218 e. The molecule has 0 amide bonds. The normalized spacial score (nSPS) is 25.2. The minimum Gasteiger partial charge on any atom is -0.326 e. The second-order valence-electron chi connectivity index (χ2n) is 4.26. The number of hydrogen-bond acceptors (Lipinski definition) is 2. The van der Waals surface area contributed by atoms with Gasteiger partial charge in [0.1, 0.15) is 0 Å². The lowest BCUT2D eigenvalue weighted by Crippen LogP contribution is -2.46. The fourth-order valence-electron chi connectivity index (χ4n) is 2.11. The van der Waals surface area contributed by atoms with Gasteiger partial charge in [-0.15, -0.1) is 0 Å². The van der Waals surface area contributed by atoms with Crippen LogP contribution in [0.1, 0.15) is 46.0 Å². The maximum atomic E-state index is 6.06. The Hall–Kier alpha value is -0.0800. The SMILES string of the molecule is CCC(N)C(C)N1CCCCCC1. The first-order valence-electron chi connectivity index (χ1n) is 5.75. The van der Waals surface area contributed by atoms with E-state index in [2.05, 4.69) is 18.7 Å². The van der Waals surface area contributed by atoms with Gasteiger partial charge in [0.15, 0.2) is 0 Å². The molecule has 0 radical (unpaired) electrons. The van der Waals surface area contributed by atoms with Gasteiger partial charge in [-0.25, -0.2) is 0 Å². The largest absolute Gasteiger partial charge is 0.326 e. The lowest BCUT2D eigenvalue weighted by molar-refractivity contribution is 0.188. The molecule has 0 aliphatic carbocycles. The molecule has 0 bridgehead atoms. The van der Waals surface area contributed by atoms with Crippen LogP contribution in [0.25, 0.3) is 0 Å².